The van der Waals surface area contributed by atoms with Crippen molar-refractivity contribution in [1.29, 1.82) is 0 Å². The van der Waals surface area contributed by atoms with Crippen molar-refractivity contribution in [3.63, 3.8) is 0 Å². The lowest BCUT2D eigenvalue weighted by Crippen LogP contribution is -2.44. The molecule has 8 nitrogen and oxygen atoms in total. The molecule has 0 bridgehead atoms. The molecule has 2 heterocycles. The molecule has 11 heteroatoms. The first kappa shape index (κ1) is 30.0. The van der Waals surface area contributed by atoms with Crippen LogP contribution in [0.1, 0.15) is 58.2 Å². The van der Waals surface area contributed by atoms with E-state index in [-0.39, 0.29) is 24.9 Å². The number of nitrogens with zero attached hydrogens (tertiary/aromatic N) is 5. The van der Waals surface area contributed by atoms with Crippen LogP contribution in [0.5, 0.6) is 0 Å². The molecule has 1 aromatic rings. The highest BCUT2D eigenvalue weighted by Crippen LogP contribution is 2.34. The molecule has 2 atom stereocenters. The number of aliphatic imine (C=N–C) groups is 1. The number of alkyl halides is 3. The average molecular weight is 548 g/mol. The van der Waals surface area contributed by atoms with Crippen LogP contribution in [0.4, 0.5) is 18.0 Å². The summed E-state index contributed by atoms with van der Waals surface area (Å²) in [4.78, 5) is 23.4. The van der Waals surface area contributed by atoms with Crippen LogP contribution in [0, 0.1) is 11.8 Å². The van der Waals surface area contributed by atoms with Crippen molar-refractivity contribution in [2.75, 3.05) is 26.2 Å². The Kier molecular flexibility index (Phi) is 9.61. The molecule has 0 spiro atoms. The molecule has 212 valence electrons. The maximum absolute atomic E-state index is 12.9. The van der Waals surface area contributed by atoms with Gasteiger partial charge in [-0.25, -0.2) is 4.79 Å². The van der Waals surface area contributed by atoms with Crippen LogP contribution >= 0.6 is 0 Å². The smallest absolute Gasteiger partial charge is 0.455 e. The maximum Gasteiger partial charge on any atom is 0.455 e. The maximum atomic E-state index is 12.9. The van der Waals surface area contributed by atoms with Gasteiger partial charge < -0.3 is 19.4 Å². The molecule has 1 N–H and O–H groups in total. The summed E-state index contributed by atoms with van der Waals surface area (Å²) in [5, 5.41) is 12.9. The van der Waals surface area contributed by atoms with Gasteiger partial charge in [-0.05, 0) is 69.1 Å². The second kappa shape index (κ2) is 12.5. The summed E-state index contributed by atoms with van der Waals surface area (Å²) in [5.74, 6) is -1.16. The molecule has 2 aliphatic rings. The first-order valence-corrected chi connectivity index (χ1v) is 12.9. The highest BCUT2D eigenvalue weighted by atomic mass is 19.4. The minimum absolute atomic E-state index is 0.0662. The fraction of sp³-hybridized carbons (Fsp3) is 0.536. The third-order valence-corrected chi connectivity index (χ3v) is 7.10. The lowest BCUT2D eigenvalue weighted by molar-refractivity contribution is -0.146. The Morgan fingerprint density at radius 3 is 2.67 bits per heavy atom. The van der Waals surface area contributed by atoms with Gasteiger partial charge in [0.05, 0.1) is 18.3 Å². The van der Waals surface area contributed by atoms with E-state index < -0.39 is 23.5 Å². The minimum Gasteiger partial charge on any atom is -0.465 e. The van der Waals surface area contributed by atoms with E-state index in [0.29, 0.717) is 12.5 Å². The third kappa shape index (κ3) is 7.95. The molecular formula is C28H36F3N5O3. The van der Waals surface area contributed by atoms with Crippen molar-refractivity contribution in [3.8, 4) is 0 Å². The number of allylic oxidation sites excluding steroid dienone is 5. The number of amides is 1. The molecular weight excluding hydrogens is 511 g/mol. The monoisotopic (exact) mass is 547 g/mol. The van der Waals surface area contributed by atoms with Crippen molar-refractivity contribution in [2.45, 2.75) is 58.0 Å². The summed E-state index contributed by atoms with van der Waals surface area (Å²) in [6, 6.07) is 0. The Bertz CT molecular complexity index is 1190. The predicted octanol–water partition coefficient (Wildman–Crippen LogP) is 6.22. The van der Waals surface area contributed by atoms with Crippen molar-refractivity contribution in [3.05, 3.63) is 65.7 Å². The van der Waals surface area contributed by atoms with Gasteiger partial charge in [0.25, 0.3) is 5.82 Å². The van der Waals surface area contributed by atoms with E-state index in [9.17, 15) is 23.1 Å². The average Bonchev–Trinajstić information content (AvgIpc) is 3.54. The highest BCUT2D eigenvalue weighted by Gasteiger charge is 2.41. The van der Waals surface area contributed by atoms with Gasteiger partial charge in [-0.2, -0.15) is 18.2 Å². The van der Waals surface area contributed by atoms with E-state index in [0.717, 1.165) is 49.1 Å². The molecule has 1 aliphatic heterocycles. The van der Waals surface area contributed by atoms with Crippen molar-refractivity contribution >= 4 is 12.4 Å². The van der Waals surface area contributed by atoms with Crippen LogP contribution in [0.25, 0.3) is 0 Å². The Balaban J connectivity index is 1.66. The normalized spacial score (nSPS) is 21.2. The summed E-state index contributed by atoms with van der Waals surface area (Å²) in [5.41, 5.74) is 4.77. The van der Waals surface area contributed by atoms with Gasteiger partial charge in [0.2, 0.25) is 5.89 Å². The number of hydrogen-bond acceptors (Lipinski definition) is 6. The van der Waals surface area contributed by atoms with E-state index in [1.54, 1.807) is 19.9 Å². The van der Waals surface area contributed by atoms with Crippen LogP contribution in [-0.4, -0.2) is 63.7 Å². The van der Waals surface area contributed by atoms with Gasteiger partial charge in [-0.15, -0.1) is 5.73 Å². The molecule has 1 aromatic heterocycles. The van der Waals surface area contributed by atoms with Gasteiger partial charge in [-0.3, -0.25) is 4.99 Å². The molecule has 1 saturated carbocycles. The van der Waals surface area contributed by atoms with Crippen LogP contribution in [0.3, 0.4) is 0 Å². The molecule has 39 heavy (non-hydrogen) atoms. The first-order valence-electron chi connectivity index (χ1n) is 12.9. The van der Waals surface area contributed by atoms with Gasteiger partial charge >= 0.3 is 12.3 Å². The molecule has 0 radical (unpaired) electrons. The van der Waals surface area contributed by atoms with Crippen molar-refractivity contribution < 1.29 is 27.6 Å². The van der Waals surface area contributed by atoms with E-state index in [4.69, 9.17) is 4.52 Å². The number of carboxylic acid groups (broad SMARTS) is 1. The van der Waals surface area contributed by atoms with E-state index in [1.165, 1.54) is 4.90 Å². The zero-order valence-corrected chi connectivity index (χ0v) is 22.7. The van der Waals surface area contributed by atoms with Gasteiger partial charge in [-0.1, -0.05) is 36.9 Å². The second-order valence-corrected chi connectivity index (χ2v) is 10.8. The molecule has 0 saturated heterocycles. The topological polar surface area (TPSA) is 95.1 Å². The lowest BCUT2D eigenvalue weighted by Gasteiger charge is -2.36. The SMILES string of the molecule is C=C=C(C)C(=C/C=C)/C=C1\CN=CN1C[C@H]1CCCC(CN(CC(C)(C)c2nc(C(F)(F)F)no2)C(=O)O)C1. The number of aromatic nitrogens is 2. The number of carbonyl (C=O) groups is 1. The Hall–Kier alpha value is -3.59. The zero-order valence-electron chi connectivity index (χ0n) is 22.7. The van der Waals surface area contributed by atoms with Crippen LogP contribution in [-0.2, 0) is 11.6 Å². The molecule has 1 aliphatic carbocycles. The van der Waals surface area contributed by atoms with Gasteiger partial charge in [0.15, 0.2) is 0 Å². The van der Waals surface area contributed by atoms with Crippen molar-refractivity contribution in [2.24, 2.45) is 16.8 Å². The molecule has 1 amide bonds. The van der Waals surface area contributed by atoms with E-state index >= 15 is 0 Å². The lowest BCUT2D eigenvalue weighted by atomic mass is 9.80. The number of hydrogen-bond donors (Lipinski definition) is 1. The summed E-state index contributed by atoms with van der Waals surface area (Å²) < 4.78 is 43.6. The van der Waals surface area contributed by atoms with Crippen molar-refractivity contribution in [1.82, 2.24) is 19.9 Å². The highest BCUT2D eigenvalue weighted by molar-refractivity contribution is 5.65. The summed E-state index contributed by atoms with van der Waals surface area (Å²) in [6.07, 6.45) is 5.39. The summed E-state index contributed by atoms with van der Waals surface area (Å²) in [6.45, 7) is 14.2. The fourth-order valence-corrected chi connectivity index (χ4v) is 5.07. The molecule has 1 unspecified atom stereocenters. The van der Waals surface area contributed by atoms with Crippen LogP contribution in [0.2, 0.25) is 0 Å². The van der Waals surface area contributed by atoms with Gasteiger partial charge in [0, 0.05) is 25.3 Å². The molecule has 3 rings (SSSR count). The number of halogens is 3. The molecule has 0 aromatic carbocycles. The minimum atomic E-state index is -4.73. The summed E-state index contributed by atoms with van der Waals surface area (Å²) >= 11 is 0. The second-order valence-electron chi connectivity index (χ2n) is 10.8. The Morgan fingerprint density at radius 2 is 2.05 bits per heavy atom. The zero-order chi connectivity index (χ0) is 28.8. The quantitative estimate of drug-likeness (QED) is 0.276. The summed E-state index contributed by atoms with van der Waals surface area (Å²) in [7, 11) is 0. The van der Waals surface area contributed by atoms with Gasteiger partial charge in [0.1, 0.15) is 0 Å². The van der Waals surface area contributed by atoms with E-state index in [2.05, 4.69) is 45.0 Å². The number of rotatable bonds is 10. The third-order valence-electron chi connectivity index (χ3n) is 7.10. The predicted molar refractivity (Wildman–Crippen MR) is 142 cm³/mol. The largest absolute Gasteiger partial charge is 0.465 e. The Morgan fingerprint density at radius 1 is 1.33 bits per heavy atom. The molecule has 1 fully saturated rings. The Labute approximate surface area is 227 Å². The van der Waals surface area contributed by atoms with Crippen LogP contribution in [0.15, 0.2) is 63.5 Å². The first-order chi connectivity index (χ1) is 18.3. The van der Waals surface area contributed by atoms with E-state index in [1.807, 2.05) is 19.3 Å². The van der Waals surface area contributed by atoms with Crippen LogP contribution < -0.4 is 0 Å². The fourth-order valence-electron chi connectivity index (χ4n) is 5.07. The standard InChI is InChI=1S/C28H36F3N5O3/c1-6-9-22(19(3)7-2)13-23-14-32-18-36(23)16-21-11-8-10-20(12-21)15-35(26(37)38)17-27(4,5)25-33-24(34-39-25)28(29,30)31/h6,9,13,18,20-21H,1-2,8,10-12,14-17H2,3-5H3,(H,37,38)/b22-9+,23-13+/t20?,21-/m0/s1.